The van der Waals surface area contributed by atoms with Crippen LogP contribution < -0.4 is 10.6 Å². The average Bonchev–Trinajstić information content (AvgIpc) is 3.52. The van der Waals surface area contributed by atoms with Gasteiger partial charge in [-0.15, -0.1) is 5.10 Å². The van der Waals surface area contributed by atoms with Gasteiger partial charge in [0.2, 0.25) is 11.8 Å². The van der Waals surface area contributed by atoms with Gasteiger partial charge in [-0.3, -0.25) is 9.59 Å². The Morgan fingerprint density at radius 1 is 1.24 bits per heavy atom. The molecule has 0 aliphatic carbocycles. The van der Waals surface area contributed by atoms with E-state index in [-0.39, 0.29) is 17.7 Å². The van der Waals surface area contributed by atoms with Crippen LogP contribution in [0, 0.1) is 5.92 Å². The number of rotatable bonds is 7. The first-order valence-corrected chi connectivity index (χ1v) is 13.8. The molecule has 3 aromatic rings. The van der Waals surface area contributed by atoms with Crippen molar-refractivity contribution in [3.05, 3.63) is 69.8 Å². The van der Waals surface area contributed by atoms with E-state index >= 15 is 0 Å². The highest BCUT2D eigenvalue weighted by molar-refractivity contribution is 6.30. The molecule has 0 spiro atoms. The van der Waals surface area contributed by atoms with Gasteiger partial charge in [0.25, 0.3) is 0 Å². The van der Waals surface area contributed by atoms with Crippen LogP contribution in [0.2, 0.25) is 5.02 Å². The number of nitrogens with zero attached hydrogens (tertiary/aromatic N) is 4. The fourth-order valence-electron chi connectivity index (χ4n) is 5.82. The molecule has 0 radical (unpaired) electrons. The van der Waals surface area contributed by atoms with Gasteiger partial charge in [0.1, 0.15) is 17.6 Å². The molecule has 1 saturated heterocycles. The van der Waals surface area contributed by atoms with Crippen molar-refractivity contribution >= 4 is 34.4 Å². The Balaban J connectivity index is 1.35. The summed E-state index contributed by atoms with van der Waals surface area (Å²) in [4.78, 5) is 29.3. The van der Waals surface area contributed by atoms with E-state index < -0.39 is 12.1 Å². The normalized spacial score (nSPS) is 21.5. The molecule has 1 aromatic heterocycles. The van der Waals surface area contributed by atoms with Crippen molar-refractivity contribution in [3.8, 4) is 0 Å². The minimum atomic E-state index is -0.512. The van der Waals surface area contributed by atoms with Gasteiger partial charge in [-0.1, -0.05) is 47.5 Å². The van der Waals surface area contributed by atoms with E-state index in [4.69, 9.17) is 11.6 Å². The smallest absolute Gasteiger partial charge is 0.245 e. The van der Waals surface area contributed by atoms with Gasteiger partial charge in [0.15, 0.2) is 0 Å². The monoisotopic (exact) mass is 534 g/mol. The number of allylic oxidation sites excluding steroid dienone is 2. The molecule has 38 heavy (non-hydrogen) atoms. The van der Waals surface area contributed by atoms with Crippen LogP contribution in [0.1, 0.15) is 55.8 Å². The number of aryl methyl sites for hydroxylation is 1. The molecule has 3 atom stereocenters. The van der Waals surface area contributed by atoms with Crippen molar-refractivity contribution in [1.29, 1.82) is 0 Å². The Hall–Kier alpha value is -3.23. The fourth-order valence-corrected chi connectivity index (χ4v) is 6.02. The molecule has 1 fully saturated rings. The molecule has 1 unspecified atom stereocenters. The topological polar surface area (TPSA) is 92.2 Å². The Morgan fingerprint density at radius 3 is 2.87 bits per heavy atom. The number of nitrogens with one attached hydrogen (secondary N) is 2. The Bertz CT molecular complexity index is 1380. The molecule has 200 valence electrons. The predicted octanol–water partition coefficient (Wildman–Crippen LogP) is 4.09. The number of likely N-dealkylation sites (tertiary alicyclic amines) is 1. The lowest BCUT2D eigenvalue weighted by Crippen LogP contribution is -2.50. The second kappa shape index (κ2) is 11.3. The van der Waals surface area contributed by atoms with Crippen LogP contribution in [0.4, 0.5) is 0 Å². The number of carbonyl (C=O) groups excluding carboxylic acids is 2. The number of benzene rings is 2. The Labute approximate surface area is 228 Å². The summed E-state index contributed by atoms with van der Waals surface area (Å²) in [5.74, 6) is 0.0752. The maximum absolute atomic E-state index is 14.0. The van der Waals surface area contributed by atoms with Crippen LogP contribution in [-0.2, 0) is 29.6 Å². The third-order valence-electron chi connectivity index (χ3n) is 7.93. The zero-order chi connectivity index (χ0) is 26.8. The zero-order valence-electron chi connectivity index (χ0n) is 22.2. The van der Waals surface area contributed by atoms with Gasteiger partial charge in [0.05, 0.1) is 5.52 Å². The quantitative estimate of drug-likeness (QED) is 0.445. The second-order valence-electron chi connectivity index (χ2n) is 10.3. The first kappa shape index (κ1) is 26.4. The third-order valence-corrected chi connectivity index (χ3v) is 8.17. The summed E-state index contributed by atoms with van der Waals surface area (Å²) in [6.45, 7) is 5.84. The van der Waals surface area contributed by atoms with Crippen LogP contribution in [0.15, 0.2) is 48.0 Å². The molecule has 2 N–H and O–H groups in total. The summed E-state index contributed by atoms with van der Waals surface area (Å²) < 4.78 is 1.72. The highest BCUT2D eigenvalue weighted by Crippen LogP contribution is 2.34. The number of hydrogen-bond donors (Lipinski definition) is 2. The minimum absolute atomic E-state index is 0.0459. The molecule has 5 rings (SSSR count). The van der Waals surface area contributed by atoms with Crippen molar-refractivity contribution in [3.63, 3.8) is 0 Å². The van der Waals surface area contributed by atoms with E-state index in [1.165, 1.54) is 5.57 Å². The number of amides is 2. The first-order chi connectivity index (χ1) is 18.4. The molecule has 2 aliphatic heterocycles. The SMILES string of the molecule is C/C=C(\CC)C[C@@H]1C[C@@H](C(=O)NCc2ccc3c(c2)nnn3C)N(C(=O)C2NCCc3cc(Cl)ccc32)C1. The van der Waals surface area contributed by atoms with E-state index in [2.05, 4.69) is 40.9 Å². The molecule has 2 aromatic carbocycles. The Kier molecular flexibility index (Phi) is 7.81. The van der Waals surface area contributed by atoms with E-state index in [0.717, 1.165) is 47.0 Å². The van der Waals surface area contributed by atoms with Gasteiger partial charge >= 0.3 is 0 Å². The lowest BCUT2D eigenvalue weighted by Gasteiger charge is -2.32. The number of carbonyl (C=O) groups is 2. The number of aromatic nitrogens is 3. The number of halogens is 1. The van der Waals surface area contributed by atoms with Crippen molar-refractivity contribution in [2.24, 2.45) is 13.0 Å². The van der Waals surface area contributed by atoms with Gasteiger partial charge in [-0.05, 0) is 79.5 Å². The highest BCUT2D eigenvalue weighted by Gasteiger charge is 2.42. The maximum atomic E-state index is 14.0. The van der Waals surface area contributed by atoms with Crippen LogP contribution in [-0.4, -0.2) is 50.8 Å². The molecule has 0 saturated carbocycles. The van der Waals surface area contributed by atoms with Gasteiger partial charge in [0, 0.05) is 31.7 Å². The maximum Gasteiger partial charge on any atom is 0.245 e. The number of fused-ring (bicyclic) bond motifs is 2. The molecule has 3 heterocycles. The van der Waals surface area contributed by atoms with E-state index in [0.29, 0.717) is 31.1 Å². The van der Waals surface area contributed by atoms with Crippen LogP contribution in [0.5, 0.6) is 0 Å². The predicted molar refractivity (Wildman–Crippen MR) is 149 cm³/mol. The molecular formula is C29H35ClN6O2. The second-order valence-corrected chi connectivity index (χ2v) is 10.8. The summed E-state index contributed by atoms with van der Waals surface area (Å²) in [6, 6.07) is 10.6. The van der Waals surface area contributed by atoms with E-state index in [1.54, 1.807) is 9.58 Å². The largest absolute Gasteiger partial charge is 0.350 e. The van der Waals surface area contributed by atoms with E-state index in [9.17, 15) is 9.59 Å². The van der Waals surface area contributed by atoms with E-state index in [1.807, 2.05) is 43.4 Å². The molecule has 2 amide bonds. The third kappa shape index (κ3) is 5.33. The van der Waals surface area contributed by atoms with Gasteiger partial charge in [-0.25, -0.2) is 4.68 Å². The van der Waals surface area contributed by atoms with Gasteiger partial charge < -0.3 is 15.5 Å². The van der Waals surface area contributed by atoms with Crippen LogP contribution in [0.3, 0.4) is 0 Å². The van der Waals surface area contributed by atoms with Crippen molar-refractivity contribution in [1.82, 2.24) is 30.5 Å². The first-order valence-electron chi connectivity index (χ1n) is 13.4. The molecule has 9 heteroatoms. The number of hydrogen-bond acceptors (Lipinski definition) is 5. The summed E-state index contributed by atoms with van der Waals surface area (Å²) in [6.07, 6.45) is 5.50. The average molecular weight is 535 g/mol. The molecular weight excluding hydrogens is 500 g/mol. The highest BCUT2D eigenvalue weighted by atomic mass is 35.5. The molecule has 8 nitrogen and oxygen atoms in total. The summed E-state index contributed by atoms with van der Waals surface area (Å²) in [5, 5.41) is 15.4. The lowest BCUT2D eigenvalue weighted by molar-refractivity contribution is -0.140. The van der Waals surface area contributed by atoms with Crippen LogP contribution >= 0.6 is 11.6 Å². The summed E-state index contributed by atoms with van der Waals surface area (Å²) >= 11 is 6.23. The summed E-state index contributed by atoms with van der Waals surface area (Å²) in [7, 11) is 1.85. The molecule has 0 bridgehead atoms. The standard InChI is InChI=1S/C29H35ClN6O2/c1-4-18(5-2)12-20-14-26(28(37)32-16-19-6-9-25-24(13-19)33-34-35(25)3)36(17-20)29(38)27-23-8-7-22(30)15-21(23)10-11-31-27/h4,6-9,13,15,20,26-27,31H,5,10-12,14,16-17H2,1-3H3,(H,32,37)/b18-4+/t20-,26+,27?/m1/s1. The van der Waals surface area contributed by atoms with Crippen molar-refractivity contribution < 1.29 is 9.59 Å². The van der Waals surface area contributed by atoms with Crippen molar-refractivity contribution in [2.45, 2.75) is 58.2 Å². The van der Waals surface area contributed by atoms with Gasteiger partial charge in [-0.2, -0.15) is 0 Å². The summed E-state index contributed by atoms with van der Waals surface area (Å²) in [5.41, 5.74) is 6.07. The minimum Gasteiger partial charge on any atom is -0.350 e. The lowest BCUT2D eigenvalue weighted by atomic mass is 9.93. The Morgan fingerprint density at radius 2 is 2.08 bits per heavy atom. The zero-order valence-corrected chi connectivity index (χ0v) is 23.0. The molecule has 2 aliphatic rings. The van der Waals surface area contributed by atoms with Crippen molar-refractivity contribution in [2.75, 3.05) is 13.1 Å². The fraction of sp³-hybridized carbons (Fsp3) is 0.448. The van der Waals surface area contributed by atoms with Crippen LogP contribution in [0.25, 0.3) is 11.0 Å².